The van der Waals surface area contributed by atoms with Gasteiger partial charge in [0.15, 0.2) is 0 Å². The van der Waals surface area contributed by atoms with Crippen molar-refractivity contribution >= 4 is 17.0 Å². The van der Waals surface area contributed by atoms with Crippen LogP contribution in [-0.2, 0) is 6.54 Å². The Morgan fingerprint density at radius 1 is 1.41 bits per heavy atom. The third-order valence-corrected chi connectivity index (χ3v) is 2.67. The van der Waals surface area contributed by atoms with Gasteiger partial charge >= 0.3 is 0 Å². The molecular weight excluding hydrogens is 212 g/mol. The lowest BCUT2D eigenvalue weighted by Gasteiger charge is -2.11. The molecule has 0 saturated carbocycles. The van der Waals surface area contributed by atoms with Crippen molar-refractivity contribution in [2.75, 3.05) is 11.9 Å². The molecule has 0 bridgehead atoms. The fourth-order valence-electron chi connectivity index (χ4n) is 1.96. The number of nitrogens with one attached hydrogen (secondary N) is 1. The smallest absolute Gasteiger partial charge is 0.204 e. The normalized spacial score (nSPS) is 11.4. The van der Waals surface area contributed by atoms with E-state index in [9.17, 15) is 0 Å². The van der Waals surface area contributed by atoms with Crippen molar-refractivity contribution in [3.05, 3.63) is 23.8 Å². The number of nitrogens with two attached hydrogens (primary N) is 1. The molecule has 2 rings (SSSR count). The lowest BCUT2D eigenvalue weighted by atomic mass is 10.2. The molecule has 0 aliphatic heterocycles. The van der Waals surface area contributed by atoms with Crippen LogP contribution in [0.25, 0.3) is 11.0 Å². The molecule has 3 N–H and O–H groups in total. The minimum atomic E-state index is 0.365. The number of hydrogen-bond acceptors (Lipinski definition) is 3. The highest BCUT2D eigenvalue weighted by Gasteiger charge is 2.10. The maximum Gasteiger partial charge on any atom is 0.204 e. The van der Waals surface area contributed by atoms with Gasteiger partial charge in [0, 0.05) is 19.1 Å². The van der Waals surface area contributed by atoms with Gasteiger partial charge in [-0.25, -0.2) is 4.98 Å². The molecule has 92 valence electrons. The molecule has 0 atom stereocenters. The number of imidazole rings is 1. The monoisotopic (exact) mass is 232 g/mol. The first-order chi connectivity index (χ1) is 8.11. The van der Waals surface area contributed by atoms with Gasteiger partial charge in [-0.3, -0.25) is 0 Å². The van der Waals surface area contributed by atoms with Crippen LogP contribution in [-0.4, -0.2) is 22.1 Å². The summed E-state index contributed by atoms with van der Waals surface area (Å²) in [4.78, 5) is 4.63. The van der Waals surface area contributed by atoms with Crippen molar-refractivity contribution in [2.45, 2.75) is 33.4 Å². The lowest BCUT2D eigenvalue weighted by molar-refractivity contribution is 0.720. The fourth-order valence-corrected chi connectivity index (χ4v) is 1.96. The minimum absolute atomic E-state index is 0.365. The molecule has 17 heavy (non-hydrogen) atoms. The third-order valence-electron chi connectivity index (χ3n) is 2.67. The Kier molecular flexibility index (Phi) is 3.33. The molecule has 0 unspecified atom stereocenters. The van der Waals surface area contributed by atoms with Gasteiger partial charge < -0.3 is 15.6 Å². The Morgan fingerprint density at radius 2 is 2.18 bits per heavy atom. The highest BCUT2D eigenvalue weighted by atomic mass is 15.2. The van der Waals surface area contributed by atoms with E-state index in [1.54, 1.807) is 0 Å². The number of aromatic nitrogens is 2. The van der Waals surface area contributed by atoms with Crippen LogP contribution in [0.3, 0.4) is 0 Å². The molecule has 4 heteroatoms. The Morgan fingerprint density at radius 3 is 2.82 bits per heavy atom. The van der Waals surface area contributed by atoms with E-state index in [2.05, 4.69) is 53.8 Å². The molecule has 0 spiro atoms. The van der Waals surface area contributed by atoms with Crippen molar-refractivity contribution in [1.29, 1.82) is 0 Å². The summed E-state index contributed by atoms with van der Waals surface area (Å²) in [7, 11) is 0. The zero-order valence-corrected chi connectivity index (χ0v) is 10.7. The second-order valence-electron chi connectivity index (χ2n) is 4.67. The average molecular weight is 232 g/mol. The van der Waals surface area contributed by atoms with E-state index in [0.29, 0.717) is 12.6 Å². The summed E-state index contributed by atoms with van der Waals surface area (Å²) in [6, 6.07) is 6.69. The van der Waals surface area contributed by atoms with Gasteiger partial charge in [0.2, 0.25) is 5.95 Å². The Labute approximate surface area is 102 Å². The van der Waals surface area contributed by atoms with Crippen molar-refractivity contribution in [3.8, 4) is 0 Å². The van der Waals surface area contributed by atoms with Gasteiger partial charge in [0.1, 0.15) is 0 Å². The van der Waals surface area contributed by atoms with Gasteiger partial charge in [-0.2, -0.15) is 0 Å². The van der Waals surface area contributed by atoms with Crippen LogP contribution in [0.4, 0.5) is 5.95 Å². The van der Waals surface area contributed by atoms with Crippen LogP contribution < -0.4 is 11.1 Å². The Balaban J connectivity index is 2.53. The van der Waals surface area contributed by atoms with Crippen LogP contribution in [0.15, 0.2) is 18.2 Å². The molecule has 1 aromatic heterocycles. The third kappa shape index (κ3) is 2.42. The number of benzene rings is 1. The highest BCUT2D eigenvalue weighted by Crippen LogP contribution is 2.21. The second kappa shape index (κ2) is 4.75. The molecule has 0 amide bonds. The molecule has 4 nitrogen and oxygen atoms in total. The van der Waals surface area contributed by atoms with Gasteiger partial charge in [-0.1, -0.05) is 6.07 Å². The zero-order valence-electron chi connectivity index (χ0n) is 10.7. The maximum atomic E-state index is 5.66. The Bertz CT molecular complexity index is 513. The SMILES string of the molecule is Cc1ccc2c(c1)nc(NC(C)C)n2CCN. The number of anilines is 1. The first kappa shape index (κ1) is 11.9. The van der Waals surface area contributed by atoms with E-state index < -0.39 is 0 Å². The predicted octanol–water partition coefficient (Wildman–Crippen LogP) is 2.12. The molecule has 0 aliphatic carbocycles. The van der Waals surface area contributed by atoms with E-state index in [0.717, 1.165) is 23.5 Å². The Hall–Kier alpha value is -1.55. The average Bonchev–Trinajstić information content (AvgIpc) is 2.55. The van der Waals surface area contributed by atoms with E-state index in [1.807, 2.05) is 0 Å². The molecule has 1 heterocycles. The standard InChI is InChI=1S/C13H20N4/c1-9(2)15-13-16-11-8-10(3)4-5-12(11)17(13)7-6-14/h4-5,8-9H,6-7,14H2,1-3H3,(H,15,16). The molecule has 0 fully saturated rings. The van der Waals surface area contributed by atoms with Gasteiger partial charge in [-0.05, 0) is 38.5 Å². The van der Waals surface area contributed by atoms with Crippen molar-refractivity contribution < 1.29 is 0 Å². The quantitative estimate of drug-likeness (QED) is 0.849. The lowest BCUT2D eigenvalue weighted by Crippen LogP contribution is -2.17. The van der Waals surface area contributed by atoms with Gasteiger partial charge in [0.25, 0.3) is 0 Å². The first-order valence-electron chi connectivity index (χ1n) is 6.05. The van der Waals surface area contributed by atoms with E-state index in [4.69, 9.17) is 5.73 Å². The summed E-state index contributed by atoms with van der Waals surface area (Å²) in [5.41, 5.74) is 9.06. The van der Waals surface area contributed by atoms with Crippen LogP contribution in [0.2, 0.25) is 0 Å². The molecule has 1 aromatic carbocycles. The molecule has 0 aliphatic rings. The van der Waals surface area contributed by atoms with Crippen molar-refractivity contribution in [1.82, 2.24) is 9.55 Å². The summed E-state index contributed by atoms with van der Waals surface area (Å²) in [6.45, 7) is 7.70. The number of aryl methyl sites for hydroxylation is 1. The molecule has 2 aromatic rings. The number of rotatable bonds is 4. The van der Waals surface area contributed by atoms with Crippen LogP contribution >= 0.6 is 0 Å². The maximum absolute atomic E-state index is 5.66. The van der Waals surface area contributed by atoms with Gasteiger partial charge in [0.05, 0.1) is 11.0 Å². The summed E-state index contributed by atoms with van der Waals surface area (Å²) in [6.07, 6.45) is 0. The largest absolute Gasteiger partial charge is 0.353 e. The van der Waals surface area contributed by atoms with Crippen LogP contribution in [0, 0.1) is 6.92 Å². The predicted molar refractivity (Wildman–Crippen MR) is 72.3 cm³/mol. The number of hydrogen-bond donors (Lipinski definition) is 2. The zero-order chi connectivity index (χ0) is 12.4. The fraction of sp³-hybridized carbons (Fsp3) is 0.462. The number of fused-ring (bicyclic) bond motifs is 1. The summed E-state index contributed by atoms with van der Waals surface area (Å²) in [5.74, 6) is 0.908. The van der Waals surface area contributed by atoms with Crippen LogP contribution in [0.1, 0.15) is 19.4 Å². The first-order valence-corrected chi connectivity index (χ1v) is 6.05. The van der Waals surface area contributed by atoms with E-state index in [-0.39, 0.29) is 0 Å². The van der Waals surface area contributed by atoms with E-state index >= 15 is 0 Å². The molecular formula is C13H20N4. The topological polar surface area (TPSA) is 55.9 Å². The minimum Gasteiger partial charge on any atom is -0.353 e. The second-order valence-corrected chi connectivity index (χ2v) is 4.67. The number of nitrogens with zero attached hydrogens (tertiary/aromatic N) is 2. The summed E-state index contributed by atoms with van der Waals surface area (Å²) >= 11 is 0. The summed E-state index contributed by atoms with van der Waals surface area (Å²) in [5, 5.41) is 3.36. The van der Waals surface area contributed by atoms with Crippen molar-refractivity contribution in [3.63, 3.8) is 0 Å². The summed E-state index contributed by atoms with van der Waals surface area (Å²) < 4.78 is 2.15. The molecule has 0 radical (unpaired) electrons. The van der Waals surface area contributed by atoms with Crippen LogP contribution in [0.5, 0.6) is 0 Å². The van der Waals surface area contributed by atoms with Crippen molar-refractivity contribution in [2.24, 2.45) is 5.73 Å². The highest BCUT2D eigenvalue weighted by molar-refractivity contribution is 5.79. The van der Waals surface area contributed by atoms with Gasteiger partial charge in [-0.15, -0.1) is 0 Å². The van der Waals surface area contributed by atoms with E-state index in [1.165, 1.54) is 5.56 Å². The molecule has 0 saturated heterocycles.